The third kappa shape index (κ3) is 3.15. The van der Waals surface area contributed by atoms with Crippen LogP contribution in [0.4, 0.5) is 4.79 Å². The molecule has 0 spiro atoms. The first kappa shape index (κ1) is 14.8. The molecular weight excluding hydrogens is 234 g/mol. The normalized spacial score (nSPS) is 25.9. The molecule has 0 aromatic rings. The van der Waals surface area contributed by atoms with Crippen LogP contribution in [0.3, 0.4) is 0 Å². The Morgan fingerprint density at radius 1 is 1.28 bits per heavy atom. The minimum absolute atomic E-state index is 0.0588. The van der Waals surface area contributed by atoms with E-state index in [-0.39, 0.29) is 23.3 Å². The number of nitrogens with one attached hydrogen (secondary N) is 1. The fourth-order valence-electron chi connectivity index (χ4n) is 2.16. The van der Waals surface area contributed by atoms with Crippen LogP contribution in [0.5, 0.6) is 0 Å². The molecule has 0 saturated heterocycles. The van der Waals surface area contributed by atoms with E-state index in [0.717, 1.165) is 0 Å². The standard InChI is InChI=1S/C13H23NO4/c1-12(2,3)18-11(16)14-9-7-8(10(15)17-6)13(9,4)5/h8-9H,7H2,1-6H3,(H,14,16)/t8-,9-/m0/s1. The summed E-state index contributed by atoms with van der Waals surface area (Å²) in [6.07, 6.45) is 0.155. The minimum atomic E-state index is -0.514. The molecule has 1 saturated carbocycles. The van der Waals surface area contributed by atoms with Gasteiger partial charge in [-0.05, 0) is 32.6 Å². The van der Waals surface area contributed by atoms with Crippen molar-refractivity contribution in [3.63, 3.8) is 0 Å². The van der Waals surface area contributed by atoms with Crippen LogP contribution in [-0.2, 0) is 14.3 Å². The number of methoxy groups -OCH3 is 1. The highest BCUT2D eigenvalue weighted by atomic mass is 16.6. The Morgan fingerprint density at radius 3 is 2.22 bits per heavy atom. The van der Waals surface area contributed by atoms with E-state index < -0.39 is 11.7 Å². The van der Waals surface area contributed by atoms with E-state index in [9.17, 15) is 9.59 Å². The molecule has 18 heavy (non-hydrogen) atoms. The number of esters is 1. The molecule has 5 nitrogen and oxygen atoms in total. The van der Waals surface area contributed by atoms with Crippen molar-refractivity contribution < 1.29 is 19.1 Å². The lowest BCUT2D eigenvalue weighted by molar-refractivity contribution is -0.158. The van der Waals surface area contributed by atoms with Gasteiger partial charge in [-0.25, -0.2) is 4.79 Å². The predicted molar refractivity (Wildman–Crippen MR) is 67.1 cm³/mol. The van der Waals surface area contributed by atoms with E-state index in [2.05, 4.69) is 5.32 Å². The molecule has 1 aliphatic carbocycles. The van der Waals surface area contributed by atoms with Crippen LogP contribution < -0.4 is 5.32 Å². The number of carbonyl (C=O) groups excluding carboxylic acids is 2. The van der Waals surface area contributed by atoms with Crippen LogP contribution >= 0.6 is 0 Å². The minimum Gasteiger partial charge on any atom is -0.469 e. The monoisotopic (exact) mass is 257 g/mol. The van der Waals surface area contributed by atoms with E-state index >= 15 is 0 Å². The van der Waals surface area contributed by atoms with Crippen LogP contribution in [-0.4, -0.2) is 30.8 Å². The van der Waals surface area contributed by atoms with Gasteiger partial charge < -0.3 is 14.8 Å². The van der Waals surface area contributed by atoms with Crippen molar-refractivity contribution in [1.29, 1.82) is 0 Å². The second-order valence-corrected chi connectivity index (χ2v) is 6.33. The summed E-state index contributed by atoms with van der Waals surface area (Å²) in [7, 11) is 1.38. The van der Waals surface area contributed by atoms with Crippen molar-refractivity contribution in [3.8, 4) is 0 Å². The van der Waals surface area contributed by atoms with Gasteiger partial charge in [-0.15, -0.1) is 0 Å². The zero-order valence-corrected chi connectivity index (χ0v) is 12.0. The summed E-state index contributed by atoms with van der Waals surface area (Å²) in [5.74, 6) is -0.385. The van der Waals surface area contributed by atoms with Crippen molar-refractivity contribution in [2.45, 2.75) is 52.7 Å². The molecule has 104 valence electrons. The van der Waals surface area contributed by atoms with Gasteiger partial charge in [-0.2, -0.15) is 0 Å². The van der Waals surface area contributed by atoms with E-state index in [1.165, 1.54) is 7.11 Å². The number of amides is 1. The largest absolute Gasteiger partial charge is 0.469 e. The third-order valence-electron chi connectivity index (χ3n) is 3.44. The van der Waals surface area contributed by atoms with Crippen molar-refractivity contribution in [2.24, 2.45) is 11.3 Å². The Kier molecular flexibility index (Phi) is 3.93. The van der Waals surface area contributed by atoms with Crippen molar-refractivity contribution in [2.75, 3.05) is 7.11 Å². The Balaban J connectivity index is 2.52. The zero-order chi connectivity index (χ0) is 14.1. The van der Waals surface area contributed by atoms with E-state index in [1.54, 1.807) is 0 Å². The van der Waals surface area contributed by atoms with Gasteiger partial charge in [0.05, 0.1) is 13.0 Å². The molecule has 0 aromatic heterocycles. The summed E-state index contributed by atoms with van der Waals surface area (Å²) < 4.78 is 9.93. The van der Waals surface area contributed by atoms with Gasteiger partial charge in [-0.1, -0.05) is 13.8 Å². The van der Waals surface area contributed by atoms with E-state index in [4.69, 9.17) is 9.47 Å². The van der Waals surface area contributed by atoms with Crippen LogP contribution in [0.2, 0.25) is 0 Å². The quantitative estimate of drug-likeness (QED) is 0.769. The molecule has 1 N–H and O–H groups in total. The molecule has 0 unspecified atom stereocenters. The van der Waals surface area contributed by atoms with Gasteiger partial charge in [0.15, 0.2) is 0 Å². The van der Waals surface area contributed by atoms with E-state index in [0.29, 0.717) is 6.42 Å². The summed E-state index contributed by atoms with van der Waals surface area (Å²) in [6, 6.07) is -0.0588. The maximum absolute atomic E-state index is 11.6. The molecule has 1 aliphatic rings. The number of carbonyl (C=O) groups is 2. The summed E-state index contributed by atoms with van der Waals surface area (Å²) in [4.78, 5) is 23.1. The molecule has 2 atom stereocenters. The Morgan fingerprint density at radius 2 is 1.83 bits per heavy atom. The molecule has 0 radical (unpaired) electrons. The molecule has 1 fully saturated rings. The zero-order valence-electron chi connectivity index (χ0n) is 12.0. The van der Waals surface area contributed by atoms with Gasteiger partial charge in [0.25, 0.3) is 0 Å². The second-order valence-electron chi connectivity index (χ2n) is 6.33. The highest BCUT2D eigenvalue weighted by molar-refractivity contribution is 5.76. The molecule has 0 bridgehead atoms. The average Bonchev–Trinajstić information content (AvgIpc) is 2.20. The molecule has 1 rings (SSSR count). The molecule has 0 heterocycles. The molecular formula is C13H23NO4. The van der Waals surface area contributed by atoms with Crippen LogP contribution in [0.15, 0.2) is 0 Å². The van der Waals surface area contributed by atoms with Gasteiger partial charge in [0.2, 0.25) is 0 Å². The lowest BCUT2D eigenvalue weighted by Gasteiger charge is -2.50. The van der Waals surface area contributed by atoms with Gasteiger partial charge >= 0.3 is 12.1 Å². The molecule has 5 heteroatoms. The molecule has 1 amide bonds. The second kappa shape index (κ2) is 4.78. The molecule has 0 aliphatic heterocycles. The first-order chi connectivity index (χ1) is 8.08. The van der Waals surface area contributed by atoms with Crippen LogP contribution in [0, 0.1) is 11.3 Å². The highest BCUT2D eigenvalue weighted by Gasteiger charge is 2.53. The maximum Gasteiger partial charge on any atom is 0.407 e. The van der Waals surface area contributed by atoms with Gasteiger partial charge in [-0.3, -0.25) is 4.79 Å². The SMILES string of the molecule is COC(=O)[C@@H]1C[C@H](NC(=O)OC(C)(C)C)C1(C)C. The van der Waals surface area contributed by atoms with Crippen molar-refractivity contribution >= 4 is 12.1 Å². The van der Waals surface area contributed by atoms with E-state index in [1.807, 2.05) is 34.6 Å². The van der Waals surface area contributed by atoms with Gasteiger partial charge in [0, 0.05) is 6.04 Å². The summed E-state index contributed by atoms with van der Waals surface area (Å²) in [5, 5.41) is 2.80. The van der Waals surface area contributed by atoms with Crippen molar-refractivity contribution in [1.82, 2.24) is 5.32 Å². The number of hydrogen-bond donors (Lipinski definition) is 1. The number of hydrogen-bond acceptors (Lipinski definition) is 4. The Bertz CT molecular complexity index is 343. The highest BCUT2D eigenvalue weighted by Crippen LogP contribution is 2.46. The third-order valence-corrected chi connectivity index (χ3v) is 3.44. The number of rotatable bonds is 2. The number of ether oxygens (including phenoxy) is 2. The summed E-state index contributed by atoms with van der Waals surface area (Å²) in [5.41, 5.74) is -0.816. The summed E-state index contributed by atoms with van der Waals surface area (Å²) in [6.45, 7) is 9.33. The average molecular weight is 257 g/mol. The predicted octanol–water partition coefficient (Wildman–Crippen LogP) is 2.10. The smallest absolute Gasteiger partial charge is 0.407 e. The lowest BCUT2D eigenvalue weighted by atomic mass is 9.58. The fourth-order valence-corrected chi connectivity index (χ4v) is 2.16. The molecule has 0 aromatic carbocycles. The van der Waals surface area contributed by atoms with Gasteiger partial charge in [0.1, 0.15) is 5.60 Å². The lowest BCUT2D eigenvalue weighted by Crippen LogP contribution is -2.61. The van der Waals surface area contributed by atoms with Crippen LogP contribution in [0.25, 0.3) is 0 Å². The first-order valence-corrected chi connectivity index (χ1v) is 6.15. The topological polar surface area (TPSA) is 64.6 Å². The van der Waals surface area contributed by atoms with Crippen molar-refractivity contribution in [3.05, 3.63) is 0 Å². The Labute approximate surface area is 108 Å². The summed E-state index contributed by atoms with van der Waals surface area (Å²) >= 11 is 0. The van der Waals surface area contributed by atoms with Crippen LogP contribution in [0.1, 0.15) is 41.0 Å². The fraction of sp³-hybridized carbons (Fsp3) is 0.846. The number of alkyl carbamates (subject to hydrolysis) is 1. The maximum atomic E-state index is 11.6. The first-order valence-electron chi connectivity index (χ1n) is 6.15. The Hall–Kier alpha value is -1.26.